The van der Waals surface area contributed by atoms with Crippen molar-refractivity contribution < 1.29 is 10.2 Å². The minimum Gasteiger partial charge on any atom is -0.505 e. The Bertz CT molecular complexity index is 2260. The average molecular weight is 711 g/mol. The summed E-state index contributed by atoms with van der Waals surface area (Å²) in [6, 6.07) is 15.3. The molecular formula is C45H54N6O2. The third kappa shape index (κ3) is 8.57. The molecule has 0 spiro atoms. The SMILES string of the molecule is CC(C)(C)CC(C)(C)/C1=C/C/C(CC2=C=C/C(C(C)(C)CC(C)(C)C)=C\C/C(n3nc4ccccc4n3)=C\2O)=C(/O)C(n2nc3ccccc3n2)=C=C1. The van der Waals surface area contributed by atoms with E-state index in [4.69, 9.17) is 20.4 Å². The zero-order valence-electron chi connectivity index (χ0n) is 33.0. The van der Waals surface area contributed by atoms with Crippen LogP contribution in [0.1, 0.15) is 101 Å². The lowest BCUT2D eigenvalue weighted by molar-refractivity contribution is 0.252. The molecule has 8 nitrogen and oxygen atoms in total. The number of hydrogen-bond acceptors (Lipinski definition) is 6. The normalized spacial score (nSPS) is 21.3. The number of hydrogen-bond donors (Lipinski definition) is 2. The highest BCUT2D eigenvalue weighted by Crippen LogP contribution is 2.43. The van der Waals surface area contributed by atoms with Crippen molar-refractivity contribution in [2.24, 2.45) is 21.7 Å². The summed E-state index contributed by atoms with van der Waals surface area (Å²) in [4.78, 5) is 3.01. The van der Waals surface area contributed by atoms with Crippen molar-refractivity contribution in [2.75, 3.05) is 0 Å². The number of aliphatic hydroxyl groups is 2. The van der Waals surface area contributed by atoms with E-state index < -0.39 is 0 Å². The van der Waals surface area contributed by atoms with Gasteiger partial charge in [-0.2, -0.15) is 4.80 Å². The van der Waals surface area contributed by atoms with Crippen LogP contribution >= 0.6 is 0 Å². The number of fused-ring (bicyclic) bond motifs is 2. The smallest absolute Gasteiger partial charge is 0.169 e. The molecule has 0 atom stereocenters. The third-order valence-electron chi connectivity index (χ3n) is 9.88. The number of aromatic nitrogens is 6. The summed E-state index contributed by atoms with van der Waals surface area (Å²) >= 11 is 0. The summed E-state index contributed by atoms with van der Waals surface area (Å²) in [5.74, 6) is 0.0529. The van der Waals surface area contributed by atoms with E-state index in [1.807, 2.05) is 60.7 Å². The maximum atomic E-state index is 12.2. The monoisotopic (exact) mass is 710 g/mol. The highest BCUT2D eigenvalue weighted by molar-refractivity contribution is 5.76. The maximum absolute atomic E-state index is 12.2. The molecule has 2 heterocycles. The Morgan fingerprint density at radius 2 is 1.02 bits per heavy atom. The van der Waals surface area contributed by atoms with Crippen LogP contribution in [0, 0.1) is 21.7 Å². The van der Waals surface area contributed by atoms with Gasteiger partial charge < -0.3 is 10.2 Å². The van der Waals surface area contributed by atoms with Gasteiger partial charge in [0.15, 0.2) is 11.5 Å². The lowest BCUT2D eigenvalue weighted by Gasteiger charge is -2.34. The summed E-state index contributed by atoms with van der Waals surface area (Å²) in [6.07, 6.45) is 11.3. The van der Waals surface area contributed by atoms with E-state index in [2.05, 4.69) is 92.9 Å². The van der Waals surface area contributed by atoms with Gasteiger partial charge in [0, 0.05) is 18.4 Å². The molecule has 0 aliphatic heterocycles. The molecule has 0 bridgehead atoms. The molecular weight excluding hydrogens is 657 g/mol. The van der Waals surface area contributed by atoms with Gasteiger partial charge in [-0.25, -0.2) is 0 Å². The highest BCUT2D eigenvalue weighted by Gasteiger charge is 2.31. The molecule has 2 N–H and O–H groups in total. The first kappa shape index (κ1) is 37.6. The van der Waals surface area contributed by atoms with Crippen molar-refractivity contribution in [3.63, 3.8) is 0 Å². The van der Waals surface area contributed by atoms with Crippen LogP contribution in [0.25, 0.3) is 33.5 Å². The van der Waals surface area contributed by atoms with Gasteiger partial charge in [0.05, 0.1) is 0 Å². The summed E-state index contributed by atoms with van der Waals surface area (Å²) in [6.45, 7) is 22.5. The van der Waals surface area contributed by atoms with E-state index in [0.29, 0.717) is 46.4 Å². The van der Waals surface area contributed by atoms with Crippen LogP contribution < -0.4 is 0 Å². The Labute approximate surface area is 314 Å². The van der Waals surface area contributed by atoms with Gasteiger partial charge in [-0.05, 0) is 94.1 Å². The zero-order valence-corrected chi connectivity index (χ0v) is 33.0. The van der Waals surface area contributed by atoms with Crippen LogP contribution in [-0.4, -0.2) is 40.2 Å². The number of nitrogens with zero attached hydrogens (tertiary/aromatic N) is 6. The fourth-order valence-electron chi connectivity index (χ4n) is 8.11. The molecule has 2 aromatic carbocycles. The standard InChI is InChI=1S/C45H54N6O2/c1-42(2,3)28-44(7,8)32-21-19-30(40(52)38(25-23-32)50-46-34-15-11-12-16-35(34)47-50)27-31-20-22-33(45(9,10)29-43(4,5)6)24-26-39(41(31)53)51-48-36-17-13-14-18-37(36)49-51/h11-18,21-24,52-53H,19,26-29H2,1-10H3/b32-21+,33-24+,40-30-,41-39-. The third-order valence-corrected chi connectivity index (χ3v) is 9.88. The fraction of sp³-hybridized carbons (Fsp3) is 0.422. The molecule has 2 aliphatic rings. The molecule has 0 amide bonds. The van der Waals surface area contributed by atoms with Crippen molar-refractivity contribution in [3.8, 4) is 0 Å². The summed E-state index contributed by atoms with van der Waals surface area (Å²) in [5.41, 5.74) is 14.0. The molecule has 6 rings (SSSR count). The number of benzene rings is 2. The topological polar surface area (TPSA) is 102 Å². The Hall–Kier alpha value is -5.16. The Kier molecular flexibility index (Phi) is 9.93. The average Bonchev–Trinajstić information content (AvgIpc) is 3.66. The van der Waals surface area contributed by atoms with Crippen LogP contribution in [0.15, 0.2) is 118 Å². The van der Waals surface area contributed by atoms with Crippen molar-refractivity contribution in [1.29, 1.82) is 0 Å². The molecule has 2 aliphatic carbocycles. The van der Waals surface area contributed by atoms with Gasteiger partial charge in [0.25, 0.3) is 0 Å². The number of aliphatic hydroxyl groups excluding tert-OH is 2. The molecule has 8 heteroatoms. The minimum absolute atomic E-state index is 0.0166. The molecule has 0 unspecified atom stereocenters. The van der Waals surface area contributed by atoms with E-state index in [9.17, 15) is 10.2 Å². The Balaban J connectivity index is 1.52. The van der Waals surface area contributed by atoms with Crippen molar-refractivity contribution >= 4 is 33.5 Å². The summed E-state index contributed by atoms with van der Waals surface area (Å²) in [7, 11) is 0. The fourth-order valence-corrected chi connectivity index (χ4v) is 8.11. The quantitative estimate of drug-likeness (QED) is 0.177. The summed E-state index contributed by atoms with van der Waals surface area (Å²) < 4.78 is 0. The molecule has 2 aromatic heterocycles. The van der Waals surface area contributed by atoms with Gasteiger partial charge >= 0.3 is 0 Å². The van der Waals surface area contributed by atoms with Gasteiger partial charge in [0.2, 0.25) is 0 Å². The van der Waals surface area contributed by atoms with Gasteiger partial charge in [-0.15, -0.1) is 30.9 Å². The Morgan fingerprint density at radius 3 is 1.49 bits per heavy atom. The first-order valence-electron chi connectivity index (χ1n) is 18.6. The lowest BCUT2D eigenvalue weighted by atomic mass is 9.71. The second kappa shape index (κ2) is 14.0. The van der Waals surface area contributed by atoms with Crippen LogP contribution in [0.2, 0.25) is 0 Å². The highest BCUT2D eigenvalue weighted by atomic mass is 16.3. The van der Waals surface area contributed by atoms with E-state index >= 15 is 0 Å². The van der Waals surface area contributed by atoms with Gasteiger partial charge in [-0.1, -0.05) is 111 Å². The van der Waals surface area contributed by atoms with Crippen LogP contribution in [0.5, 0.6) is 0 Å². The van der Waals surface area contributed by atoms with E-state index in [1.165, 1.54) is 4.80 Å². The molecule has 4 aromatic rings. The first-order chi connectivity index (χ1) is 24.8. The van der Waals surface area contributed by atoms with E-state index in [0.717, 1.165) is 35.0 Å². The van der Waals surface area contributed by atoms with Crippen LogP contribution in [-0.2, 0) is 0 Å². The molecule has 53 heavy (non-hydrogen) atoms. The number of rotatable bonds is 8. The van der Waals surface area contributed by atoms with E-state index in [-0.39, 0.29) is 39.6 Å². The predicted octanol–water partition coefficient (Wildman–Crippen LogP) is 11.5. The maximum Gasteiger partial charge on any atom is 0.169 e. The second-order valence-electron chi connectivity index (χ2n) is 18.3. The molecule has 276 valence electrons. The summed E-state index contributed by atoms with van der Waals surface area (Å²) in [5, 5.41) is 43.3. The van der Waals surface area contributed by atoms with Crippen LogP contribution in [0.4, 0.5) is 0 Å². The Morgan fingerprint density at radius 1 is 0.585 bits per heavy atom. The zero-order chi connectivity index (χ0) is 38.3. The second-order valence-corrected chi connectivity index (χ2v) is 18.3. The van der Waals surface area contributed by atoms with Crippen molar-refractivity contribution in [3.05, 3.63) is 118 Å². The molecule has 0 radical (unpaired) electrons. The largest absolute Gasteiger partial charge is 0.505 e. The molecule has 0 saturated carbocycles. The number of allylic oxidation sites excluding steroid dienone is 8. The van der Waals surface area contributed by atoms with Crippen LogP contribution in [0.3, 0.4) is 0 Å². The van der Waals surface area contributed by atoms with Crippen molar-refractivity contribution in [2.45, 2.75) is 101 Å². The molecule has 0 saturated heterocycles. The van der Waals surface area contributed by atoms with Crippen molar-refractivity contribution in [1.82, 2.24) is 30.0 Å². The molecule has 0 fully saturated rings. The first-order valence-corrected chi connectivity index (χ1v) is 18.6. The van der Waals surface area contributed by atoms with Gasteiger partial charge in [-0.3, -0.25) is 0 Å². The minimum atomic E-state index is -0.183. The lowest BCUT2D eigenvalue weighted by Crippen LogP contribution is -2.22. The van der Waals surface area contributed by atoms with E-state index in [1.54, 1.807) is 4.80 Å². The predicted molar refractivity (Wildman–Crippen MR) is 216 cm³/mol. The van der Waals surface area contributed by atoms with Gasteiger partial charge in [0.1, 0.15) is 33.5 Å².